The van der Waals surface area contributed by atoms with Crippen LogP contribution >= 0.6 is 0 Å². The number of nitrogens with one attached hydrogen (secondary N) is 1. The SMILES string of the molecule is CC(=O)N[C@@H](C)COC1CC(C)C1. The Balaban J connectivity index is 2.02. The predicted molar refractivity (Wildman–Crippen MR) is 51.4 cm³/mol. The zero-order valence-electron chi connectivity index (χ0n) is 8.67. The van der Waals surface area contributed by atoms with Crippen molar-refractivity contribution in [3.8, 4) is 0 Å². The first-order valence-corrected chi connectivity index (χ1v) is 4.96. The highest BCUT2D eigenvalue weighted by atomic mass is 16.5. The van der Waals surface area contributed by atoms with E-state index in [4.69, 9.17) is 4.74 Å². The molecule has 1 fully saturated rings. The van der Waals surface area contributed by atoms with Crippen molar-refractivity contribution in [1.29, 1.82) is 0 Å². The molecule has 0 aromatic rings. The summed E-state index contributed by atoms with van der Waals surface area (Å²) in [6.45, 7) is 6.36. The fraction of sp³-hybridized carbons (Fsp3) is 0.900. The molecule has 1 atom stereocenters. The Kier molecular flexibility index (Phi) is 3.72. The van der Waals surface area contributed by atoms with E-state index in [2.05, 4.69) is 12.2 Å². The van der Waals surface area contributed by atoms with Gasteiger partial charge in [0.2, 0.25) is 5.91 Å². The minimum absolute atomic E-state index is 0.0121. The third-order valence-corrected chi connectivity index (χ3v) is 2.36. The molecule has 76 valence electrons. The molecular formula is C10H19NO2. The lowest BCUT2D eigenvalue weighted by molar-refractivity contribution is -0.120. The van der Waals surface area contributed by atoms with E-state index in [9.17, 15) is 4.79 Å². The number of carbonyl (C=O) groups is 1. The highest BCUT2D eigenvalue weighted by Crippen LogP contribution is 2.28. The second kappa shape index (κ2) is 4.61. The molecule has 0 spiro atoms. The number of amides is 1. The van der Waals surface area contributed by atoms with Gasteiger partial charge in [-0.2, -0.15) is 0 Å². The molecule has 13 heavy (non-hydrogen) atoms. The topological polar surface area (TPSA) is 38.3 Å². The Bertz CT molecular complexity index is 176. The Morgan fingerprint density at radius 3 is 2.69 bits per heavy atom. The predicted octanol–water partition coefficient (Wildman–Crippen LogP) is 1.33. The Morgan fingerprint density at radius 1 is 1.62 bits per heavy atom. The summed E-state index contributed by atoms with van der Waals surface area (Å²) < 4.78 is 5.60. The van der Waals surface area contributed by atoms with Crippen LogP contribution in [0, 0.1) is 5.92 Å². The first kappa shape index (κ1) is 10.5. The van der Waals surface area contributed by atoms with Crippen molar-refractivity contribution < 1.29 is 9.53 Å². The summed E-state index contributed by atoms with van der Waals surface area (Å²) in [6, 6.07) is 0.133. The highest BCUT2D eigenvalue weighted by Gasteiger charge is 2.26. The van der Waals surface area contributed by atoms with E-state index in [0.717, 1.165) is 5.92 Å². The molecule has 0 aromatic heterocycles. The summed E-state index contributed by atoms with van der Waals surface area (Å²) in [6.07, 6.45) is 2.78. The molecule has 0 aromatic carbocycles. The molecule has 1 N–H and O–H groups in total. The highest BCUT2D eigenvalue weighted by molar-refractivity contribution is 5.73. The molecule has 1 aliphatic carbocycles. The van der Waals surface area contributed by atoms with Crippen LogP contribution in [0.4, 0.5) is 0 Å². The van der Waals surface area contributed by atoms with E-state index in [-0.39, 0.29) is 11.9 Å². The van der Waals surface area contributed by atoms with Crippen LogP contribution in [-0.2, 0) is 9.53 Å². The fourth-order valence-electron chi connectivity index (χ4n) is 1.63. The van der Waals surface area contributed by atoms with Gasteiger partial charge in [-0.3, -0.25) is 4.79 Å². The third-order valence-electron chi connectivity index (χ3n) is 2.36. The van der Waals surface area contributed by atoms with Crippen LogP contribution in [-0.4, -0.2) is 24.7 Å². The van der Waals surface area contributed by atoms with Crippen LogP contribution < -0.4 is 5.32 Å². The van der Waals surface area contributed by atoms with E-state index in [1.54, 1.807) is 0 Å². The smallest absolute Gasteiger partial charge is 0.217 e. The summed E-state index contributed by atoms with van der Waals surface area (Å²) in [5, 5.41) is 2.79. The van der Waals surface area contributed by atoms with Crippen LogP contribution in [0.15, 0.2) is 0 Å². The van der Waals surface area contributed by atoms with E-state index < -0.39 is 0 Å². The van der Waals surface area contributed by atoms with Gasteiger partial charge in [-0.25, -0.2) is 0 Å². The zero-order chi connectivity index (χ0) is 9.84. The zero-order valence-corrected chi connectivity index (χ0v) is 8.67. The van der Waals surface area contributed by atoms with Crippen LogP contribution in [0.3, 0.4) is 0 Å². The van der Waals surface area contributed by atoms with Crippen molar-refractivity contribution in [2.45, 2.75) is 45.8 Å². The molecule has 1 amide bonds. The molecule has 1 saturated carbocycles. The second-order valence-corrected chi connectivity index (χ2v) is 4.13. The summed E-state index contributed by atoms with van der Waals surface area (Å²) in [4.78, 5) is 10.7. The molecule has 0 aliphatic heterocycles. The normalized spacial score (nSPS) is 29.2. The van der Waals surface area contributed by atoms with Crippen LogP contribution in [0.1, 0.15) is 33.6 Å². The first-order valence-electron chi connectivity index (χ1n) is 4.96. The average molecular weight is 185 g/mol. The molecule has 3 nitrogen and oxygen atoms in total. The van der Waals surface area contributed by atoms with Gasteiger partial charge in [0.05, 0.1) is 12.7 Å². The first-order chi connectivity index (χ1) is 6.08. The van der Waals surface area contributed by atoms with Gasteiger partial charge in [0.1, 0.15) is 0 Å². The standard InChI is InChI=1S/C10H19NO2/c1-7-4-10(5-7)13-6-8(2)11-9(3)12/h7-8,10H,4-6H2,1-3H3,(H,11,12)/t7?,8-,10?/m0/s1. The maximum Gasteiger partial charge on any atom is 0.217 e. The molecule has 0 unspecified atom stereocenters. The van der Waals surface area contributed by atoms with E-state index in [1.165, 1.54) is 19.8 Å². The molecule has 0 saturated heterocycles. The monoisotopic (exact) mass is 185 g/mol. The minimum Gasteiger partial charge on any atom is -0.376 e. The van der Waals surface area contributed by atoms with Crippen molar-refractivity contribution in [1.82, 2.24) is 5.32 Å². The number of carbonyl (C=O) groups excluding carboxylic acids is 1. The van der Waals surface area contributed by atoms with Crippen molar-refractivity contribution in [3.05, 3.63) is 0 Å². The summed E-state index contributed by atoms with van der Waals surface area (Å²) in [7, 11) is 0. The largest absolute Gasteiger partial charge is 0.376 e. The number of hydrogen-bond acceptors (Lipinski definition) is 2. The maximum absolute atomic E-state index is 10.7. The van der Waals surface area contributed by atoms with Crippen molar-refractivity contribution in [2.75, 3.05) is 6.61 Å². The number of rotatable bonds is 4. The van der Waals surface area contributed by atoms with Crippen LogP contribution in [0.2, 0.25) is 0 Å². The van der Waals surface area contributed by atoms with Crippen molar-refractivity contribution in [2.24, 2.45) is 5.92 Å². The molecular weight excluding hydrogens is 166 g/mol. The van der Waals surface area contributed by atoms with E-state index >= 15 is 0 Å². The quantitative estimate of drug-likeness (QED) is 0.717. The molecule has 1 rings (SSSR count). The summed E-state index contributed by atoms with van der Waals surface area (Å²) in [5.41, 5.74) is 0. The summed E-state index contributed by atoms with van der Waals surface area (Å²) in [5.74, 6) is 0.833. The van der Waals surface area contributed by atoms with Gasteiger partial charge in [-0.1, -0.05) is 6.92 Å². The van der Waals surface area contributed by atoms with Crippen molar-refractivity contribution >= 4 is 5.91 Å². The van der Waals surface area contributed by atoms with Crippen LogP contribution in [0.25, 0.3) is 0 Å². The van der Waals surface area contributed by atoms with Gasteiger partial charge >= 0.3 is 0 Å². The fourth-order valence-corrected chi connectivity index (χ4v) is 1.63. The number of hydrogen-bond donors (Lipinski definition) is 1. The number of ether oxygens (including phenoxy) is 1. The molecule has 0 radical (unpaired) electrons. The lowest BCUT2D eigenvalue weighted by atomic mass is 9.84. The third kappa shape index (κ3) is 3.77. The Hall–Kier alpha value is -0.570. The molecule has 3 heteroatoms. The van der Waals surface area contributed by atoms with Gasteiger partial charge in [0, 0.05) is 13.0 Å². The molecule has 1 aliphatic rings. The second-order valence-electron chi connectivity index (χ2n) is 4.13. The average Bonchev–Trinajstić information content (AvgIpc) is 1.94. The van der Waals surface area contributed by atoms with Gasteiger partial charge in [0.25, 0.3) is 0 Å². The molecule has 0 bridgehead atoms. The maximum atomic E-state index is 10.7. The van der Waals surface area contributed by atoms with E-state index in [1.807, 2.05) is 6.92 Å². The van der Waals surface area contributed by atoms with Gasteiger partial charge in [-0.15, -0.1) is 0 Å². The van der Waals surface area contributed by atoms with Gasteiger partial charge in [-0.05, 0) is 25.7 Å². The minimum atomic E-state index is 0.0121. The van der Waals surface area contributed by atoms with Crippen molar-refractivity contribution in [3.63, 3.8) is 0 Å². The van der Waals surface area contributed by atoms with E-state index in [0.29, 0.717) is 12.7 Å². The van der Waals surface area contributed by atoms with Crippen LogP contribution in [0.5, 0.6) is 0 Å². The lowest BCUT2D eigenvalue weighted by Gasteiger charge is -2.33. The Labute approximate surface area is 79.8 Å². The Morgan fingerprint density at radius 2 is 2.23 bits per heavy atom. The summed E-state index contributed by atoms with van der Waals surface area (Å²) >= 11 is 0. The van der Waals surface area contributed by atoms with Gasteiger partial charge in [0.15, 0.2) is 0 Å². The lowest BCUT2D eigenvalue weighted by Crippen LogP contribution is -2.38. The molecule has 0 heterocycles. The van der Waals surface area contributed by atoms with Gasteiger partial charge < -0.3 is 10.1 Å².